The van der Waals surface area contributed by atoms with Gasteiger partial charge >= 0.3 is 6.18 Å². The first kappa shape index (κ1) is 18.7. The number of methoxy groups -OCH3 is 1. The molecule has 0 aliphatic heterocycles. The van der Waals surface area contributed by atoms with Crippen molar-refractivity contribution >= 4 is 10.9 Å². The van der Waals surface area contributed by atoms with Crippen LogP contribution >= 0.6 is 0 Å². The predicted molar refractivity (Wildman–Crippen MR) is 104 cm³/mol. The number of aromatic nitrogens is 2. The van der Waals surface area contributed by atoms with E-state index in [1.807, 2.05) is 0 Å². The zero-order valence-electron chi connectivity index (χ0n) is 15.3. The highest BCUT2D eigenvalue weighted by molar-refractivity contribution is 5.80. The highest BCUT2D eigenvalue weighted by atomic mass is 19.4. The van der Waals surface area contributed by atoms with Gasteiger partial charge in [0.15, 0.2) is 0 Å². The van der Waals surface area contributed by atoms with Crippen LogP contribution in [0, 0.1) is 0 Å². The molecule has 4 rings (SSSR count). The van der Waals surface area contributed by atoms with Crippen molar-refractivity contribution in [2.75, 3.05) is 7.11 Å². The third kappa shape index (κ3) is 3.47. The Bertz CT molecular complexity index is 1250. The van der Waals surface area contributed by atoms with Crippen LogP contribution in [0.5, 0.6) is 5.75 Å². The molecule has 146 valence electrons. The summed E-state index contributed by atoms with van der Waals surface area (Å²) >= 11 is 0. The molecule has 4 nitrogen and oxygen atoms in total. The molecule has 0 aliphatic rings. The normalized spacial score (nSPS) is 11.6. The van der Waals surface area contributed by atoms with Gasteiger partial charge in [-0.2, -0.15) is 13.2 Å². The van der Waals surface area contributed by atoms with Crippen LogP contribution in [0.25, 0.3) is 28.0 Å². The summed E-state index contributed by atoms with van der Waals surface area (Å²) in [6, 6.07) is 18.2. The Labute approximate surface area is 163 Å². The van der Waals surface area contributed by atoms with Crippen LogP contribution in [0.15, 0.2) is 77.6 Å². The lowest BCUT2D eigenvalue weighted by molar-refractivity contribution is -0.137. The third-order valence-corrected chi connectivity index (χ3v) is 4.56. The van der Waals surface area contributed by atoms with E-state index in [9.17, 15) is 18.0 Å². The maximum absolute atomic E-state index is 13.2. The van der Waals surface area contributed by atoms with Crippen LogP contribution in [0.2, 0.25) is 0 Å². The molecule has 0 spiro atoms. The molecule has 29 heavy (non-hydrogen) atoms. The Morgan fingerprint density at radius 3 is 2.34 bits per heavy atom. The molecule has 0 fully saturated rings. The van der Waals surface area contributed by atoms with Crippen molar-refractivity contribution < 1.29 is 17.9 Å². The van der Waals surface area contributed by atoms with Crippen molar-refractivity contribution in [2.45, 2.75) is 6.18 Å². The molecule has 1 aromatic heterocycles. The number of fused-ring (bicyclic) bond motifs is 1. The number of benzene rings is 3. The second kappa shape index (κ2) is 7.09. The molecule has 0 unspecified atom stereocenters. The van der Waals surface area contributed by atoms with Gasteiger partial charge in [0, 0.05) is 5.56 Å². The van der Waals surface area contributed by atoms with Gasteiger partial charge in [-0.05, 0) is 54.6 Å². The number of rotatable bonds is 3. The zero-order valence-corrected chi connectivity index (χ0v) is 15.3. The first-order valence-corrected chi connectivity index (χ1v) is 8.72. The van der Waals surface area contributed by atoms with E-state index >= 15 is 0 Å². The zero-order chi connectivity index (χ0) is 20.6. The van der Waals surface area contributed by atoms with E-state index < -0.39 is 17.3 Å². The summed E-state index contributed by atoms with van der Waals surface area (Å²) in [5.74, 6) is 0.859. The number of halogens is 3. The van der Waals surface area contributed by atoms with Gasteiger partial charge in [0.25, 0.3) is 5.56 Å². The molecule has 0 bridgehead atoms. The van der Waals surface area contributed by atoms with Crippen LogP contribution in [-0.4, -0.2) is 16.7 Å². The minimum absolute atomic E-state index is 0.0916. The van der Waals surface area contributed by atoms with Crippen molar-refractivity contribution in [1.82, 2.24) is 9.55 Å². The van der Waals surface area contributed by atoms with Gasteiger partial charge in [-0.3, -0.25) is 9.36 Å². The average molecular weight is 396 g/mol. The highest BCUT2D eigenvalue weighted by Crippen LogP contribution is 2.31. The maximum atomic E-state index is 13.2. The largest absolute Gasteiger partial charge is 0.497 e. The van der Waals surface area contributed by atoms with Crippen LogP contribution in [0.3, 0.4) is 0 Å². The molecule has 0 amide bonds. The van der Waals surface area contributed by atoms with Crippen molar-refractivity contribution in [3.05, 3.63) is 88.7 Å². The van der Waals surface area contributed by atoms with Crippen LogP contribution in [0.4, 0.5) is 13.2 Å². The minimum atomic E-state index is -4.52. The van der Waals surface area contributed by atoms with Crippen LogP contribution < -0.4 is 10.3 Å². The van der Waals surface area contributed by atoms with E-state index in [2.05, 4.69) is 4.98 Å². The summed E-state index contributed by atoms with van der Waals surface area (Å²) in [5.41, 5.74) is -0.150. The molecule has 1 heterocycles. The lowest BCUT2D eigenvalue weighted by Gasteiger charge is -2.16. The van der Waals surface area contributed by atoms with E-state index in [0.29, 0.717) is 22.2 Å². The number of para-hydroxylation sites is 1. The number of hydrogen-bond donors (Lipinski definition) is 0. The molecule has 0 saturated heterocycles. The molecule has 0 radical (unpaired) electrons. The van der Waals surface area contributed by atoms with Gasteiger partial charge < -0.3 is 4.74 Å². The summed E-state index contributed by atoms with van der Waals surface area (Å²) < 4.78 is 46.0. The van der Waals surface area contributed by atoms with Gasteiger partial charge in [0.05, 0.1) is 29.3 Å². The molecule has 0 aliphatic carbocycles. The van der Waals surface area contributed by atoms with Crippen molar-refractivity contribution in [3.63, 3.8) is 0 Å². The Kier molecular flexibility index (Phi) is 4.58. The van der Waals surface area contributed by atoms with E-state index in [4.69, 9.17) is 4.74 Å². The molecule has 4 aromatic rings. The lowest BCUT2D eigenvalue weighted by Crippen LogP contribution is -2.22. The molecule has 0 atom stereocenters. The number of hydrogen-bond acceptors (Lipinski definition) is 3. The summed E-state index contributed by atoms with van der Waals surface area (Å²) in [7, 11) is 1.53. The second-order valence-electron chi connectivity index (χ2n) is 6.37. The second-order valence-corrected chi connectivity index (χ2v) is 6.37. The molecular weight excluding hydrogens is 381 g/mol. The summed E-state index contributed by atoms with van der Waals surface area (Å²) in [6.07, 6.45) is -4.52. The Morgan fingerprint density at radius 1 is 0.931 bits per heavy atom. The van der Waals surface area contributed by atoms with Crippen LogP contribution in [-0.2, 0) is 6.18 Å². The smallest absolute Gasteiger partial charge is 0.416 e. The Hall–Kier alpha value is -3.61. The van der Waals surface area contributed by atoms with E-state index in [-0.39, 0.29) is 11.5 Å². The molecule has 0 N–H and O–H groups in total. The van der Waals surface area contributed by atoms with Crippen molar-refractivity contribution in [1.29, 1.82) is 0 Å². The summed E-state index contributed by atoms with van der Waals surface area (Å²) in [4.78, 5) is 17.8. The monoisotopic (exact) mass is 396 g/mol. The highest BCUT2D eigenvalue weighted by Gasteiger charge is 2.31. The number of nitrogens with zero attached hydrogens (tertiary/aromatic N) is 2. The first-order valence-electron chi connectivity index (χ1n) is 8.72. The van der Waals surface area contributed by atoms with Gasteiger partial charge in [0.2, 0.25) is 0 Å². The third-order valence-electron chi connectivity index (χ3n) is 4.56. The van der Waals surface area contributed by atoms with Crippen molar-refractivity contribution in [2.24, 2.45) is 0 Å². The van der Waals surface area contributed by atoms with E-state index in [1.54, 1.807) is 48.5 Å². The molecule has 7 heteroatoms. The summed E-state index contributed by atoms with van der Waals surface area (Å²) in [6.45, 7) is 0. The topological polar surface area (TPSA) is 44.1 Å². The quantitative estimate of drug-likeness (QED) is 0.485. The van der Waals surface area contributed by atoms with Crippen LogP contribution in [0.1, 0.15) is 5.56 Å². The molecular formula is C22H15F3N2O2. The van der Waals surface area contributed by atoms with Crippen molar-refractivity contribution in [3.8, 4) is 22.8 Å². The SMILES string of the molecule is COc1ccc(-c2nc3ccccc3c(=O)n2-c2cccc(C(F)(F)F)c2)cc1. The fraction of sp³-hybridized carbons (Fsp3) is 0.0909. The Morgan fingerprint density at radius 2 is 1.66 bits per heavy atom. The molecule has 0 saturated carbocycles. The van der Waals surface area contributed by atoms with E-state index in [0.717, 1.165) is 12.1 Å². The standard InChI is InChI=1S/C22H15F3N2O2/c1-29-17-11-9-14(10-12-17)20-26-19-8-3-2-7-18(19)21(28)27(20)16-6-4-5-15(13-16)22(23,24)25/h2-13H,1H3. The van der Waals surface area contributed by atoms with E-state index in [1.165, 1.54) is 23.8 Å². The average Bonchev–Trinajstić information content (AvgIpc) is 2.73. The molecule has 3 aromatic carbocycles. The number of ether oxygens (including phenoxy) is 1. The first-order chi connectivity index (χ1) is 13.9. The minimum Gasteiger partial charge on any atom is -0.497 e. The van der Waals surface area contributed by atoms with Gasteiger partial charge in [-0.1, -0.05) is 18.2 Å². The number of alkyl halides is 3. The predicted octanol–water partition coefficient (Wildman–Crippen LogP) is 5.08. The fourth-order valence-corrected chi connectivity index (χ4v) is 3.13. The maximum Gasteiger partial charge on any atom is 0.416 e. The Balaban J connectivity index is 2.04. The van der Waals surface area contributed by atoms with Gasteiger partial charge in [0.1, 0.15) is 11.6 Å². The van der Waals surface area contributed by atoms with Gasteiger partial charge in [-0.25, -0.2) is 4.98 Å². The summed E-state index contributed by atoms with van der Waals surface area (Å²) in [5, 5.41) is 0.321. The fourth-order valence-electron chi connectivity index (χ4n) is 3.13. The lowest BCUT2D eigenvalue weighted by atomic mass is 10.1. The van der Waals surface area contributed by atoms with Gasteiger partial charge in [-0.15, -0.1) is 0 Å².